The lowest BCUT2D eigenvalue weighted by atomic mass is 10.1. The van der Waals surface area contributed by atoms with Gasteiger partial charge in [-0.05, 0) is 45.0 Å². The number of hydrogen-bond donors (Lipinski definition) is 3. The van der Waals surface area contributed by atoms with Crippen molar-refractivity contribution in [3.05, 3.63) is 59.9 Å². The lowest BCUT2D eigenvalue weighted by molar-refractivity contribution is -0.126. The van der Waals surface area contributed by atoms with Crippen LogP contribution >= 0.6 is 0 Å². The van der Waals surface area contributed by atoms with Crippen LogP contribution in [0, 0.1) is 0 Å². The van der Waals surface area contributed by atoms with E-state index in [1.807, 2.05) is 31.2 Å². The largest absolute Gasteiger partial charge is 0.346 e. The van der Waals surface area contributed by atoms with Gasteiger partial charge in [0.05, 0.1) is 34.7 Å². The maximum atomic E-state index is 12.7. The summed E-state index contributed by atoms with van der Waals surface area (Å²) in [4.78, 5) is 42.5. The Bertz CT molecular complexity index is 1170. The van der Waals surface area contributed by atoms with Gasteiger partial charge in [-0.2, -0.15) is 0 Å². The number of aromatic nitrogens is 2. The van der Waals surface area contributed by atoms with E-state index in [0.717, 1.165) is 16.9 Å². The molecule has 2 aromatic carbocycles. The third-order valence-electron chi connectivity index (χ3n) is 5.35. The second kappa shape index (κ2) is 8.22. The van der Waals surface area contributed by atoms with E-state index in [1.54, 1.807) is 24.3 Å². The van der Waals surface area contributed by atoms with Gasteiger partial charge in [0.1, 0.15) is 11.9 Å². The summed E-state index contributed by atoms with van der Waals surface area (Å²) in [6, 6.07) is 13.4. The SMILES string of the molecule is CC(NC(=O)CC1NC(=O)c2ccccc2NC1=O)c1nc2ccccc2n1C(C)C. The number of carbonyl (C=O) groups excluding carboxylic acids is 3. The van der Waals surface area contributed by atoms with E-state index in [-0.39, 0.29) is 30.3 Å². The fraction of sp³-hybridized carbons (Fsp3) is 0.304. The minimum atomic E-state index is -0.962. The molecule has 8 nitrogen and oxygen atoms in total. The molecule has 31 heavy (non-hydrogen) atoms. The Labute approximate surface area is 180 Å². The van der Waals surface area contributed by atoms with Gasteiger partial charge < -0.3 is 20.5 Å². The number of anilines is 1. The summed E-state index contributed by atoms with van der Waals surface area (Å²) in [5.41, 5.74) is 2.67. The van der Waals surface area contributed by atoms with Crippen molar-refractivity contribution < 1.29 is 14.4 Å². The molecule has 0 aliphatic carbocycles. The first-order valence-electron chi connectivity index (χ1n) is 10.3. The standard InChI is InChI=1S/C23H25N5O3/c1-13(2)28-19-11-7-6-10-17(19)25-21(28)14(3)24-20(29)12-18-23(31)26-16-9-5-4-8-15(16)22(30)27-18/h4-11,13-14,18H,12H2,1-3H3,(H,24,29)(H,26,31)(H,27,30). The van der Waals surface area contributed by atoms with Crippen LogP contribution in [0.1, 0.15) is 55.5 Å². The molecule has 1 aliphatic heterocycles. The number of hydrogen-bond acceptors (Lipinski definition) is 4. The van der Waals surface area contributed by atoms with Crippen molar-refractivity contribution in [3.8, 4) is 0 Å². The zero-order chi connectivity index (χ0) is 22.1. The van der Waals surface area contributed by atoms with Gasteiger partial charge in [-0.1, -0.05) is 24.3 Å². The molecule has 160 valence electrons. The highest BCUT2D eigenvalue weighted by atomic mass is 16.2. The van der Waals surface area contributed by atoms with Crippen molar-refractivity contribution in [2.24, 2.45) is 0 Å². The molecule has 0 bridgehead atoms. The van der Waals surface area contributed by atoms with Crippen LogP contribution in [-0.4, -0.2) is 33.3 Å². The summed E-state index contributed by atoms with van der Waals surface area (Å²) < 4.78 is 2.09. The fourth-order valence-electron chi connectivity index (χ4n) is 3.92. The number of carbonyl (C=O) groups is 3. The van der Waals surface area contributed by atoms with Crippen molar-refractivity contribution in [1.82, 2.24) is 20.2 Å². The smallest absolute Gasteiger partial charge is 0.254 e. The number of para-hydroxylation sites is 3. The molecule has 3 aromatic rings. The molecular formula is C23H25N5O3. The highest BCUT2D eigenvalue weighted by molar-refractivity contribution is 6.10. The van der Waals surface area contributed by atoms with Gasteiger partial charge in [0, 0.05) is 6.04 Å². The molecule has 0 saturated heterocycles. The summed E-state index contributed by atoms with van der Waals surface area (Å²) in [6.07, 6.45) is -0.169. The van der Waals surface area contributed by atoms with Gasteiger partial charge >= 0.3 is 0 Å². The number of imidazole rings is 1. The molecule has 3 N–H and O–H groups in total. The van der Waals surface area contributed by atoms with Crippen LogP contribution in [0.4, 0.5) is 5.69 Å². The number of fused-ring (bicyclic) bond motifs is 2. The lowest BCUT2D eigenvalue weighted by Crippen LogP contribution is -2.45. The van der Waals surface area contributed by atoms with Gasteiger partial charge in [0.15, 0.2) is 0 Å². The van der Waals surface area contributed by atoms with Gasteiger partial charge in [-0.25, -0.2) is 4.98 Å². The van der Waals surface area contributed by atoms with Crippen molar-refractivity contribution in [1.29, 1.82) is 0 Å². The molecule has 0 fully saturated rings. The quantitative estimate of drug-likeness (QED) is 0.591. The minimum absolute atomic E-state index is 0.159. The van der Waals surface area contributed by atoms with Crippen LogP contribution in [-0.2, 0) is 9.59 Å². The molecule has 0 saturated carbocycles. The fourth-order valence-corrected chi connectivity index (χ4v) is 3.92. The maximum Gasteiger partial charge on any atom is 0.254 e. The highest BCUT2D eigenvalue weighted by Gasteiger charge is 2.30. The second-order valence-electron chi connectivity index (χ2n) is 7.98. The number of rotatable bonds is 5. The summed E-state index contributed by atoms with van der Waals surface area (Å²) in [7, 11) is 0. The molecule has 0 radical (unpaired) electrons. The molecule has 3 amide bonds. The molecule has 1 aromatic heterocycles. The summed E-state index contributed by atoms with van der Waals surface area (Å²) in [5.74, 6) is -0.413. The first kappa shape index (κ1) is 20.6. The topological polar surface area (TPSA) is 105 Å². The van der Waals surface area contributed by atoms with Crippen molar-refractivity contribution in [3.63, 3.8) is 0 Å². The Morgan fingerprint density at radius 3 is 2.58 bits per heavy atom. The first-order chi connectivity index (χ1) is 14.8. The van der Waals surface area contributed by atoms with Crippen LogP contribution in [0.25, 0.3) is 11.0 Å². The van der Waals surface area contributed by atoms with Crippen LogP contribution < -0.4 is 16.0 Å². The Morgan fingerprint density at radius 2 is 1.81 bits per heavy atom. The average Bonchev–Trinajstić information content (AvgIpc) is 3.08. The summed E-state index contributed by atoms with van der Waals surface area (Å²) >= 11 is 0. The Balaban J connectivity index is 1.49. The molecule has 4 rings (SSSR count). The first-order valence-corrected chi connectivity index (χ1v) is 10.3. The molecule has 2 heterocycles. The Kier molecular flexibility index (Phi) is 5.46. The van der Waals surface area contributed by atoms with E-state index in [1.165, 1.54) is 0 Å². The van der Waals surface area contributed by atoms with Crippen LogP contribution in [0.5, 0.6) is 0 Å². The zero-order valence-corrected chi connectivity index (χ0v) is 17.7. The predicted molar refractivity (Wildman–Crippen MR) is 118 cm³/mol. The van der Waals surface area contributed by atoms with Gasteiger partial charge in [0.2, 0.25) is 11.8 Å². The van der Waals surface area contributed by atoms with Gasteiger partial charge in [-0.3, -0.25) is 14.4 Å². The van der Waals surface area contributed by atoms with E-state index in [2.05, 4.69) is 34.4 Å². The molecule has 8 heteroatoms. The molecule has 2 atom stereocenters. The average molecular weight is 419 g/mol. The Morgan fingerprint density at radius 1 is 1.10 bits per heavy atom. The van der Waals surface area contributed by atoms with E-state index in [9.17, 15) is 14.4 Å². The van der Waals surface area contributed by atoms with E-state index >= 15 is 0 Å². The third kappa shape index (κ3) is 4.01. The lowest BCUT2D eigenvalue weighted by Gasteiger charge is -2.20. The van der Waals surface area contributed by atoms with Crippen molar-refractivity contribution >= 4 is 34.4 Å². The minimum Gasteiger partial charge on any atom is -0.346 e. The number of benzene rings is 2. The predicted octanol–water partition coefficient (Wildman–Crippen LogP) is 2.94. The number of amides is 3. The van der Waals surface area contributed by atoms with E-state index < -0.39 is 11.9 Å². The number of nitrogens with one attached hydrogen (secondary N) is 3. The van der Waals surface area contributed by atoms with Gasteiger partial charge in [-0.15, -0.1) is 0 Å². The Hall–Kier alpha value is -3.68. The van der Waals surface area contributed by atoms with Crippen LogP contribution in [0.3, 0.4) is 0 Å². The zero-order valence-electron chi connectivity index (χ0n) is 17.7. The molecule has 2 unspecified atom stereocenters. The third-order valence-corrected chi connectivity index (χ3v) is 5.35. The maximum absolute atomic E-state index is 12.7. The molecule has 0 spiro atoms. The normalized spacial score (nSPS) is 17.0. The molecule has 1 aliphatic rings. The van der Waals surface area contributed by atoms with Crippen LogP contribution in [0.15, 0.2) is 48.5 Å². The van der Waals surface area contributed by atoms with Crippen molar-refractivity contribution in [2.75, 3.05) is 5.32 Å². The van der Waals surface area contributed by atoms with Crippen LogP contribution in [0.2, 0.25) is 0 Å². The highest BCUT2D eigenvalue weighted by Crippen LogP contribution is 2.25. The van der Waals surface area contributed by atoms with Crippen molar-refractivity contribution in [2.45, 2.75) is 45.3 Å². The summed E-state index contributed by atoms with van der Waals surface area (Å²) in [6.45, 7) is 5.99. The van der Waals surface area contributed by atoms with E-state index in [0.29, 0.717) is 11.3 Å². The number of nitrogens with zero attached hydrogens (tertiary/aromatic N) is 2. The van der Waals surface area contributed by atoms with E-state index in [4.69, 9.17) is 4.98 Å². The second-order valence-corrected chi connectivity index (χ2v) is 7.98. The summed E-state index contributed by atoms with van der Waals surface area (Å²) in [5, 5.41) is 8.29. The van der Waals surface area contributed by atoms with Gasteiger partial charge in [0.25, 0.3) is 5.91 Å². The monoisotopic (exact) mass is 419 g/mol. The molecular weight excluding hydrogens is 394 g/mol.